The molecule has 2 rings (SSSR count). The number of aromatic hydroxyl groups is 1. The van der Waals surface area contributed by atoms with Gasteiger partial charge in [-0.15, -0.1) is 0 Å². The molecule has 0 aliphatic heterocycles. The summed E-state index contributed by atoms with van der Waals surface area (Å²) in [7, 11) is 0. The third kappa shape index (κ3) is 4.62. The Morgan fingerprint density at radius 1 is 1.39 bits per heavy atom. The third-order valence-corrected chi connectivity index (χ3v) is 3.44. The summed E-state index contributed by atoms with van der Waals surface area (Å²) in [6, 6.07) is 7.03. The first-order valence-corrected chi connectivity index (χ1v) is 7.44. The lowest BCUT2D eigenvalue weighted by Gasteiger charge is -2.08. The molecule has 0 saturated heterocycles. The fourth-order valence-corrected chi connectivity index (χ4v) is 2.07. The number of nitrogens with zero attached hydrogens (tertiary/aromatic N) is 2. The Balaban J connectivity index is 2.03. The first-order valence-electron chi connectivity index (χ1n) is 6.65. The zero-order chi connectivity index (χ0) is 16.8. The second-order valence-electron chi connectivity index (χ2n) is 4.62. The van der Waals surface area contributed by atoms with Gasteiger partial charge in [-0.25, -0.2) is 0 Å². The standard InChI is InChI=1S/C15H15ClN4O2S/c1-9-14(22)13(10(8-21)6-17-9)7-18-20-15(23)19-12-4-2-11(16)3-5-12/h2-7,21-22H,8H2,1H3,(H2,19,20,23)/b18-7+. The number of aryl methyl sites for hydroxylation is 1. The topological polar surface area (TPSA) is 89.8 Å². The molecule has 0 atom stereocenters. The van der Waals surface area contributed by atoms with Crippen molar-refractivity contribution in [1.82, 2.24) is 10.4 Å². The number of hydrogen-bond acceptors (Lipinski definition) is 5. The predicted octanol–water partition coefficient (Wildman–Crippen LogP) is 2.56. The maximum Gasteiger partial charge on any atom is 0.191 e. The van der Waals surface area contributed by atoms with Gasteiger partial charge in [-0.05, 0) is 43.4 Å². The molecule has 0 unspecified atom stereocenters. The van der Waals surface area contributed by atoms with E-state index in [2.05, 4.69) is 20.8 Å². The molecule has 1 heterocycles. The van der Waals surface area contributed by atoms with E-state index >= 15 is 0 Å². The molecule has 2 aromatic rings. The number of halogens is 1. The average Bonchev–Trinajstić information content (AvgIpc) is 2.54. The van der Waals surface area contributed by atoms with Crippen LogP contribution in [-0.2, 0) is 6.61 Å². The van der Waals surface area contributed by atoms with E-state index in [9.17, 15) is 10.2 Å². The summed E-state index contributed by atoms with van der Waals surface area (Å²) in [5.41, 5.74) is 4.71. The average molecular weight is 351 g/mol. The number of anilines is 1. The summed E-state index contributed by atoms with van der Waals surface area (Å²) < 4.78 is 0. The van der Waals surface area contributed by atoms with Gasteiger partial charge in [-0.1, -0.05) is 11.6 Å². The number of aliphatic hydroxyl groups excluding tert-OH is 1. The van der Waals surface area contributed by atoms with E-state index in [4.69, 9.17) is 23.8 Å². The molecule has 0 aliphatic rings. The minimum absolute atomic E-state index is 0.0290. The van der Waals surface area contributed by atoms with Crippen LogP contribution in [0.2, 0.25) is 5.02 Å². The summed E-state index contributed by atoms with van der Waals surface area (Å²) in [5.74, 6) is -0.0290. The van der Waals surface area contributed by atoms with Crippen molar-refractivity contribution in [3.8, 4) is 5.75 Å². The Morgan fingerprint density at radius 2 is 2.09 bits per heavy atom. The van der Waals surface area contributed by atoms with Crippen LogP contribution in [0.3, 0.4) is 0 Å². The van der Waals surface area contributed by atoms with Crippen molar-refractivity contribution < 1.29 is 10.2 Å². The summed E-state index contributed by atoms with van der Waals surface area (Å²) in [6.45, 7) is 1.41. The molecule has 8 heteroatoms. The van der Waals surface area contributed by atoms with Gasteiger partial charge in [-0.3, -0.25) is 10.4 Å². The molecule has 0 fully saturated rings. The van der Waals surface area contributed by atoms with Gasteiger partial charge in [0.1, 0.15) is 5.75 Å². The predicted molar refractivity (Wildman–Crippen MR) is 95.0 cm³/mol. The maximum atomic E-state index is 9.98. The maximum absolute atomic E-state index is 9.98. The van der Waals surface area contributed by atoms with Crippen LogP contribution >= 0.6 is 23.8 Å². The minimum Gasteiger partial charge on any atom is -0.505 e. The van der Waals surface area contributed by atoms with Crippen LogP contribution in [0.15, 0.2) is 35.6 Å². The zero-order valence-corrected chi connectivity index (χ0v) is 13.8. The fourth-order valence-electron chi connectivity index (χ4n) is 1.77. The van der Waals surface area contributed by atoms with E-state index in [1.807, 2.05) is 0 Å². The molecule has 1 aromatic carbocycles. The van der Waals surface area contributed by atoms with E-state index in [0.717, 1.165) is 5.69 Å². The van der Waals surface area contributed by atoms with Crippen molar-refractivity contribution in [1.29, 1.82) is 0 Å². The van der Waals surface area contributed by atoms with Crippen LogP contribution in [0.1, 0.15) is 16.8 Å². The lowest BCUT2D eigenvalue weighted by atomic mass is 10.1. The Kier molecular flexibility index (Phi) is 5.86. The highest BCUT2D eigenvalue weighted by Gasteiger charge is 2.09. The van der Waals surface area contributed by atoms with Crippen LogP contribution in [0, 0.1) is 6.92 Å². The number of thiocarbonyl (C=S) groups is 1. The van der Waals surface area contributed by atoms with Crippen molar-refractivity contribution in [3.05, 3.63) is 52.3 Å². The number of aromatic nitrogens is 1. The number of rotatable bonds is 4. The number of nitrogens with one attached hydrogen (secondary N) is 2. The minimum atomic E-state index is -0.254. The van der Waals surface area contributed by atoms with Crippen LogP contribution in [0.4, 0.5) is 5.69 Å². The zero-order valence-electron chi connectivity index (χ0n) is 12.2. The van der Waals surface area contributed by atoms with Gasteiger partial charge in [0.2, 0.25) is 0 Å². The molecule has 0 spiro atoms. The molecule has 0 amide bonds. The van der Waals surface area contributed by atoms with Crippen molar-refractivity contribution in [2.24, 2.45) is 5.10 Å². The number of aliphatic hydroxyl groups is 1. The van der Waals surface area contributed by atoms with Crippen LogP contribution in [0.5, 0.6) is 5.75 Å². The van der Waals surface area contributed by atoms with E-state index < -0.39 is 0 Å². The first kappa shape index (κ1) is 17.1. The van der Waals surface area contributed by atoms with Gasteiger partial charge in [0.15, 0.2) is 5.11 Å². The number of hydrazone groups is 1. The summed E-state index contributed by atoms with van der Waals surface area (Å²) >= 11 is 10.9. The molecular formula is C15H15ClN4O2S. The van der Waals surface area contributed by atoms with Crippen molar-refractivity contribution in [3.63, 3.8) is 0 Å². The van der Waals surface area contributed by atoms with Crippen LogP contribution in [-0.4, -0.2) is 26.5 Å². The highest BCUT2D eigenvalue weighted by Crippen LogP contribution is 2.21. The lowest BCUT2D eigenvalue weighted by molar-refractivity contribution is 0.280. The second-order valence-corrected chi connectivity index (χ2v) is 5.46. The normalized spacial score (nSPS) is 10.7. The van der Waals surface area contributed by atoms with Crippen molar-refractivity contribution in [2.75, 3.05) is 5.32 Å². The molecule has 0 saturated carbocycles. The number of pyridine rings is 1. The fraction of sp³-hybridized carbons (Fsp3) is 0.133. The van der Waals surface area contributed by atoms with E-state index in [1.54, 1.807) is 31.2 Å². The van der Waals surface area contributed by atoms with E-state index in [0.29, 0.717) is 21.8 Å². The Hall–Kier alpha value is -2.22. The molecule has 1 aromatic heterocycles. The molecule has 120 valence electrons. The Morgan fingerprint density at radius 3 is 2.74 bits per heavy atom. The molecule has 4 N–H and O–H groups in total. The van der Waals surface area contributed by atoms with E-state index in [-0.39, 0.29) is 17.5 Å². The smallest absolute Gasteiger partial charge is 0.191 e. The molecular weight excluding hydrogens is 336 g/mol. The summed E-state index contributed by atoms with van der Waals surface area (Å²) in [5, 5.41) is 27.1. The third-order valence-electron chi connectivity index (χ3n) is 2.99. The van der Waals surface area contributed by atoms with Gasteiger partial charge in [0.25, 0.3) is 0 Å². The summed E-state index contributed by atoms with van der Waals surface area (Å²) in [4.78, 5) is 3.98. The monoisotopic (exact) mass is 350 g/mol. The number of hydrogen-bond donors (Lipinski definition) is 4. The van der Waals surface area contributed by atoms with Gasteiger partial charge in [0.05, 0.1) is 18.5 Å². The van der Waals surface area contributed by atoms with Gasteiger partial charge < -0.3 is 15.5 Å². The van der Waals surface area contributed by atoms with Gasteiger partial charge in [0, 0.05) is 28.0 Å². The molecule has 23 heavy (non-hydrogen) atoms. The molecule has 0 aliphatic carbocycles. The largest absolute Gasteiger partial charge is 0.505 e. The van der Waals surface area contributed by atoms with Crippen molar-refractivity contribution >= 4 is 40.8 Å². The highest BCUT2D eigenvalue weighted by atomic mass is 35.5. The lowest BCUT2D eigenvalue weighted by Crippen LogP contribution is -2.23. The van der Waals surface area contributed by atoms with Gasteiger partial charge in [-0.2, -0.15) is 5.10 Å². The second kappa shape index (κ2) is 7.87. The Bertz CT molecular complexity index is 735. The summed E-state index contributed by atoms with van der Waals surface area (Å²) in [6.07, 6.45) is 2.87. The van der Waals surface area contributed by atoms with Crippen molar-refractivity contribution in [2.45, 2.75) is 13.5 Å². The first-order chi connectivity index (χ1) is 11.0. The highest BCUT2D eigenvalue weighted by molar-refractivity contribution is 7.80. The Labute approximate surface area is 143 Å². The quantitative estimate of drug-likeness (QED) is 0.385. The molecule has 0 bridgehead atoms. The molecule has 6 nitrogen and oxygen atoms in total. The number of benzene rings is 1. The van der Waals surface area contributed by atoms with Gasteiger partial charge >= 0.3 is 0 Å². The van der Waals surface area contributed by atoms with Crippen LogP contribution < -0.4 is 10.7 Å². The van der Waals surface area contributed by atoms with Crippen LogP contribution in [0.25, 0.3) is 0 Å². The molecule has 0 radical (unpaired) electrons. The SMILES string of the molecule is Cc1ncc(CO)c(/C=N/NC(=S)Nc2ccc(Cl)cc2)c1O. The van der Waals surface area contributed by atoms with E-state index in [1.165, 1.54) is 12.4 Å².